The summed E-state index contributed by atoms with van der Waals surface area (Å²) in [4.78, 5) is 109. The number of hydrogen-bond acceptors (Lipinski definition) is 31. The molecule has 0 aliphatic carbocycles. The molecule has 44 heteroatoms. The number of aromatic nitrogens is 8. The van der Waals surface area contributed by atoms with Crippen LogP contribution in [-0.4, -0.2) is 200 Å². The molecule has 4 aliphatic rings. The van der Waals surface area contributed by atoms with Gasteiger partial charge < -0.3 is 105 Å². The van der Waals surface area contributed by atoms with E-state index in [1.807, 2.05) is 22.6 Å². The van der Waals surface area contributed by atoms with Gasteiger partial charge in [-0.1, -0.05) is 87.4 Å². The highest BCUT2D eigenvalue weighted by Gasteiger charge is 2.55. The van der Waals surface area contributed by atoms with Crippen molar-refractivity contribution in [3.63, 3.8) is 0 Å². The molecule has 0 amide bonds. The van der Waals surface area contributed by atoms with E-state index in [2.05, 4.69) is 40.0 Å². The molecule has 8 unspecified atom stereocenters. The number of imidazole rings is 4. The van der Waals surface area contributed by atoms with E-state index in [0.717, 1.165) is 18.3 Å². The number of aliphatic hydroxyl groups is 4. The lowest BCUT2D eigenvalue weighted by Gasteiger charge is -2.27. The third kappa shape index (κ3) is 17.9. The molecule has 8 rings (SSSR count). The number of nitrogens with zero attached hydrogens (tertiary/aromatic N) is 18. The molecule has 4 aromatic heterocycles. The molecule has 6 N–H and O–H groups in total. The number of azide groups is 2. The molecule has 504 valence electrons. The maximum absolute atomic E-state index is 12.4. The zero-order valence-electron chi connectivity index (χ0n) is 50.0. The number of alkyl halides is 1. The molecule has 0 spiro atoms. The molecule has 4 aliphatic heterocycles. The summed E-state index contributed by atoms with van der Waals surface area (Å²) < 4.78 is 48.9. The first-order valence-corrected chi connectivity index (χ1v) is 29.0. The number of esters is 4. The van der Waals surface area contributed by atoms with Gasteiger partial charge in [-0.3, -0.25) is 19.2 Å². The van der Waals surface area contributed by atoms with Crippen molar-refractivity contribution in [2.45, 2.75) is 160 Å². The Balaban J connectivity index is 0.000000227. The van der Waals surface area contributed by atoms with Crippen LogP contribution < -0.4 is 5.73 Å². The number of nitrogens with two attached hydrogens (primary N) is 1. The molecule has 92 heavy (non-hydrogen) atoms. The lowest BCUT2D eigenvalue weighted by molar-refractivity contribution is -0.399. The maximum atomic E-state index is 12.4. The monoisotopic (exact) mass is 1420 g/mol. The molecule has 0 aromatic carbocycles. The van der Waals surface area contributed by atoms with Crippen molar-refractivity contribution in [1.82, 2.24) is 38.2 Å². The molecule has 4 saturated heterocycles. The van der Waals surface area contributed by atoms with Gasteiger partial charge in [0.1, 0.15) is 86.2 Å². The Hall–Kier alpha value is -8.69. The van der Waals surface area contributed by atoms with Gasteiger partial charge in [-0.05, 0) is 51.5 Å². The Bertz CT molecular complexity index is 3320. The van der Waals surface area contributed by atoms with Gasteiger partial charge in [0.2, 0.25) is 24.9 Å². The van der Waals surface area contributed by atoms with Gasteiger partial charge in [0, 0.05) is 27.2 Å². The number of carbonyl (C=O) groups excluding carboxylic acids is 4. The fourth-order valence-electron chi connectivity index (χ4n) is 8.82. The highest BCUT2D eigenvalue weighted by Crippen LogP contribution is 2.40. The summed E-state index contributed by atoms with van der Waals surface area (Å²) in [5.41, 5.74) is 21.7. The number of carbonyl (C=O) groups is 4. The van der Waals surface area contributed by atoms with Gasteiger partial charge in [0.25, 0.3) is 0 Å². The minimum atomic E-state index is -1.38. The second-order valence-corrected chi connectivity index (χ2v) is 22.4. The van der Waals surface area contributed by atoms with E-state index in [-0.39, 0.29) is 26.1 Å². The van der Waals surface area contributed by atoms with E-state index >= 15 is 0 Å². The standard InChI is InChI=1S/C17H26N4O7.C15H20N6O7.C8H10IN3O5.C8H10N6O5/c1-9(2)14(22)27-12-11(28-15(23)17(3,4)5)10(8-18)26-13(12)20-7-6-19-16(20)21(24)25;1-4-10(22)27-11-9(7-18-19-16)26-13(12(11)28-14(23)8(2)3)20-6-5-17-15(20)21(24)25;9-3-4-5(13)6(14)7(17-4)11-2-1-10-8(11)12(15)16;9-12-11-3-4-5(15)6(16)7(19-4)13-2-1-10-8(13)14(17)18/h6-7,9-13H,8,18H2,1-5H3;5-6,8-9,11-13H,4,7H2,1-3H3;1-2,4-7,13-14H,3H2;1-2,4-7,15-16H,3H2/t10?,11-,12+,13?;9?,11-,12+,13?;2*4?,5-,6+,7?/m0000/s1. The average Bonchev–Trinajstić information content (AvgIpc) is 1.66. The molecular weight excluding hydrogens is 1350 g/mol. The van der Waals surface area contributed by atoms with Gasteiger partial charge in [-0.25, -0.2) is 0 Å². The molecule has 0 radical (unpaired) electrons. The van der Waals surface area contributed by atoms with Crippen LogP contribution in [0.15, 0.2) is 59.8 Å². The summed E-state index contributed by atoms with van der Waals surface area (Å²) in [6, 6.07) is 0. The quantitative estimate of drug-likeness (QED) is 0.00921. The van der Waals surface area contributed by atoms with Crippen LogP contribution in [0.4, 0.5) is 23.8 Å². The first-order chi connectivity index (χ1) is 43.4. The topological polar surface area (TPSA) is 590 Å². The van der Waals surface area contributed by atoms with Crippen molar-refractivity contribution in [3.8, 4) is 0 Å². The van der Waals surface area contributed by atoms with Crippen molar-refractivity contribution >= 4 is 70.3 Å². The Morgan fingerprint density at radius 2 is 0.924 bits per heavy atom. The van der Waals surface area contributed by atoms with Gasteiger partial charge in [-0.2, -0.15) is 18.3 Å². The van der Waals surface area contributed by atoms with Crippen LogP contribution in [0, 0.1) is 57.7 Å². The van der Waals surface area contributed by atoms with E-state index in [4.69, 9.17) is 54.7 Å². The highest BCUT2D eigenvalue weighted by molar-refractivity contribution is 14.1. The Labute approximate surface area is 532 Å². The van der Waals surface area contributed by atoms with Crippen LogP contribution in [-0.2, 0) is 57.1 Å². The third-order valence-electron chi connectivity index (χ3n) is 13.5. The van der Waals surface area contributed by atoms with Crippen molar-refractivity contribution in [1.29, 1.82) is 0 Å². The van der Waals surface area contributed by atoms with Crippen molar-refractivity contribution in [3.05, 3.63) is 111 Å². The number of aliphatic hydroxyl groups excluding tert-OH is 4. The number of rotatable bonds is 21. The van der Waals surface area contributed by atoms with E-state index in [0.29, 0.717) is 4.43 Å². The highest BCUT2D eigenvalue weighted by atomic mass is 127. The molecule has 0 bridgehead atoms. The molecule has 4 fully saturated rings. The second kappa shape index (κ2) is 33.1. The Morgan fingerprint density at radius 3 is 1.25 bits per heavy atom. The third-order valence-corrected chi connectivity index (χ3v) is 14.3. The summed E-state index contributed by atoms with van der Waals surface area (Å²) in [7, 11) is 0. The molecule has 43 nitrogen and oxygen atoms in total. The molecule has 4 aromatic rings. The van der Waals surface area contributed by atoms with Gasteiger partial charge in [0.15, 0.2) is 24.4 Å². The van der Waals surface area contributed by atoms with Crippen LogP contribution in [0.1, 0.15) is 86.7 Å². The fourth-order valence-corrected chi connectivity index (χ4v) is 9.55. The van der Waals surface area contributed by atoms with Crippen LogP contribution in [0.3, 0.4) is 0 Å². The van der Waals surface area contributed by atoms with E-state index in [1.165, 1.54) is 49.6 Å². The smallest absolute Gasteiger partial charge is 0.436 e. The lowest BCUT2D eigenvalue weighted by Crippen LogP contribution is -2.44. The molecule has 16 atom stereocenters. The minimum Gasteiger partial charge on any atom is -0.455 e. The van der Waals surface area contributed by atoms with Crippen LogP contribution in [0.2, 0.25) is 0 Å². The predicted molar refractivity (Wildman–Crippen MR) is 310 cm³/mol. The SMILES string of the molecule is CC(C)C(=O)O[C@H]1C(n2ccnc2[N+](=O)[O-])OC(CN)[C@@H]1OC(=O)C(C)(C)C.CCC(=O)O[C@H]1C(CN=[N+]=[N-])OC(n2ccnc2[N+](=O)[O-])[C@@H]1OC(=O)C(C)C.O=[N+]([O-])c1nccn1C1OC(CI)[C@H](O)[C@H]1O.[N-]=[N+]=NCC1OC(n2ccnc2[N+](=O)[O-])[C@H](O)[C@H]1O. The van der Waals surface area contributed by atoms with E-state index in [9.17, 15) is 80.1 Å². The summed E-state index contributed by atoms with van der Waals surface area (Å²) in [6.07, 6.45) is -7.00. The minimum absolute atomic E-state index is 0.0448. The van der Waals surface area contributed by atoms with Crippen molar-refractivity contribution < 1.29 is 97.2 Å². The fraction of sp³-hybridized carbons (Fsp3) is 0.667. The predicted octanol–water partition coefficient (Wildman–Crippen LogP) is 2.63. The molecule has 8 heterocycles. The summed E-state index contributed by atoms with van der Waals surface area (Å²) >= 11 is 2.01. The number of ether oxygens (including phenoxy) is 8. The molecular formula is C48H66IN19O24. The zero-order chi connectivity index (χ0) is 68.6. The first kappa shape index (κ1) is 74.0. The van der Waals surface area contributed by atoms with E-state index < -0.39 is 183 Å². The summed E-state index contributed by atoms with van der Waals surface area (Å²) in [5, 5.41) is 89.6. The average molecular weight is 1420 g/mol. The van der Waals surface area contributed by atoms with E-state index in [1.54, 1.807) is 55.4 Å². The van der Waals surface area contributed by atoms with Gasteiger partial charge >= 0.3 is 47.7 Å². The summed E-state index contributed by atoms with van der Waals surface area (Å²) in [6.45, 7) is 12.6. The van der Waals surface area contributed by atoms with Crippen LogP contribution in [0.5, 0.6) is 0 Å². The maximum Gasteiger partial charge on any atom is 0.436 e. The first-order valence-electron chi connectivity index (χ1n) is 27.5. The van der Waals surface area contributed by atoms with Crippen LogP contribution >= 0.6 is 22.6 Å². The van der Waals surface area contributed by atoms with Gasteiger partial charge in [-0.15, -0.1) is 0 Å². The Morgan fingerprint density at radius 1 is 0.587 bits per heavy atom. The molecule has 0 saturated carbocycles. The number of nitro groups is 4. The summed E-state index contributed by atoms with van der Waals surface area (Å²) in [5.74, 6) is -5.23. The largest absolute Gasteiger partial charge is 0.455 e. The normalized spacial score (nSPS) is 27.1. The van der Waals surface area contributed by atoms with Crippen molar-refractivity contribution in [2.75, 3.05) is 24.1 Å². The zero-order valence-corrected chi connectivity index (χ0v) is 52.2. The lowest BCUT2D eigenvalue weighted by atomic mass is 9.97. The van der Waals surface area contributed by atoms with Crippen LogP contribution in [0.25, 0.3) is 20.9 Å². The number of hydrogen-bond donors (Lipinski definition) is 5. The number of halogens is 1. The Kier molecular flexibility index (Phi) is 26.6. The van der Waals surface area contributed by atoms with Crippen molar-refractivity contribution in [2.24, 2.45) is 33.2 Å². The second-order valence-electron chi connectivity index (χ2n) is 21.5. The van der Waals surface area contributed by atoms with Gasteiger partial charge in [0.05, 0.1) is 42.5 Å².